The molecule has 0 saturated carbocycles. The number of fused-ring (bicyclic) bond motifs is 1. The normalized spacial score (nSPS) is 13.4. The molecule has 0 saturated heterocycles. The molecular formula is C29H41N3O6S. The molecule has 0 unspecified atom stereocenters. The number of carbonyl (C=O) groups excluding carboxylic acids is 2. The summed E-state index contributed by atoms with van der Waals surface area (Å²) >= 11 is 0. The Morgan fingerprint density at radius 2 is 1.74 bits per heavy atom. The third kappa shape index (κ3) is 8.36. The summed E-state index contributed by atoms with van der Waals surface area (Å²) < 4.78 is 37.8. The Bertz CT molecular complexity index is 1230. The van der Waals surface area contributed by atoms with E-state index >= 15 is 0 Å². The van der Waals surface area contributed by atoms with Crippen LogP contribution in [0.15, 0.2) is 42.5 Å². The second kappa shape index (κ2) is 14.2. The first-order valence-corrected chi connectivity index (χ1v) is 15.5. The number of hydrogen-bond donors (Lipinski definition) is 1. The Labute approximate surface area is 232 Å². The van der Waals surface area contributed by atoms with Crippen molar-refractivity contribution >= 4 is 27.5 Å². The molecule has 10 heteroatoms. The van der Waals surface area contributed by atoms with Gasteiger partial charge in [-0.2, -0.15) is 0 Å². The zero-order valence-electron chi connectivity index (χ0n) is 23.4. The van der Waals surface area contributed by atoms with Crippen molar-refractivity contribution in [2.75, 3.05) is 36.9 Å². The molecule has 1 atom stereocenters. The minimum atomic E-state index is -3.62. The summed E-state index contributed by atoms with van der Waals surface area (Å²) in [6, 6.07) is 12.2. The average molecular weight is 560 g/mol. The van der Waals surface area contributed by atoms with Gasteiger partial charge in [0.2, 0.25) is 21.8 Å². The van der Waals surface area contributed by atoms with Crippen LogP contribution in [0, 0.1) is 6.92 Å². The quantitative estimate of drug-likeness (QED) is 0.351. The number of anilines is 1. The van der Waals surface area contributed by atoms with E-state index < -0.39 is 16.1 Å². The topological polar surface area (TPSA) is 105 Å². The number of unbranched alkanes of at least 4 members (excludes halogenated alkanes) is 1. The molecule has 0 aromatic heterocycles. The van der Waals surface area contributed by atoms with Crippen LogP contribution in [0.1, 0.15) is 57.1 Å². The minimum absolute atomic E-state index is 0.0984. The van der Waals surface area contributed by atoms with Crippen LogP contribution in [0.3, 0.4) is 0 Å². The maximum atomic E-state index is 13.6. The molecule has 3 rings (SSSR count). The highest BCUT2D eigenvalue weighted by Crippen LogP contribution is 2.34. The molecule has 1 heterocycles. The van der Waals surface area contributed by atoms with Crippen LogP contribution >= 0.6 is 0 Å². The maximum Gasteiger partial charge on any atom is 0.242 e. The van der Waals surface area contributed by atoms with Gasteiger partial charge in [0.05, 0.1) is 11.9 Å². The highest BCUT2D eigenvalue weighted by atomic mass is 32.2. The van der Waals surface area contributed by atoms with Crippen molar-refractivity contribution in [1.29, 1.82) is 0 Å². The van der Waals surface area contributed by atoms with Crippen LogP contribution < -0.4 is 19.1 Å². The molecule has 39 heavy (non-hydrogen) atoms. The summed E-state index contributed by atoms with van der Waals surface area (Å²) in [4.78, 5) is 28.3. The Balaban J connectivity index is 1.76. The number of hydrogen-bond acceptors (Lipinski definition) is 6. The number of ether oxygens (including phenoxy) is 2. The molecule has 1 aliphatic heterocycles. The fourth-order valence-electron chi connectivity index (χ4n) is 4.59. The van der Waals surface area contributed by atoms with Crippen molar-refractivity contribution in [1.82, 2.24) is 10.2 Å². The van der Waals surface area contributed by atoms with Crippen molar-refractivity contribution < 1.29 is 27.5 Å². The monoisotopic (exact) mass is 559 g/mol. The largest absolute Gasteiger partial charge is 0.486 e. The first-order chi connectivity index (χ1) is 18.7. The van der Waals surface area contributed by atoms with Gasteiger partial charge in [-0.15, -0.1) is 0 Å². The van der Waals surface area contributed by atoms with E-state index in [-0.39, 0.29) is 24.8 Å². The number of sulfonamides is 1. The number of carbonyl (C=O) groups is 2. The van der Waals surface area contributed by atoms with Crippen LogP contribution in [0.2, 0.25) is 0 Å². The summed E-state index contributed by atoms with van der Waals surface area (Å²) in [5.41, 5.74) is 2.46. The molecule has 9 nitrogen and oxygen atoms in total. The third-order valence-electron chi connectivity index (χ3n) is 6.78. The Morgan fingerprint density at radius 3 is 2.41 bits per heavy atom. The number of benzene rings is 2. The molecule has 1 N–H and O–H groups in total. The van der Waals surface area contributed by atoms with Crippen LogP contribution in [0.4, 0.5) is 5.69 Å². The molecular weight excluding hydrogens is 518 g/mol. The van der Waals surface area contributed by atoms with Crippen LogP contribution in [-0.2, 0) is 26.2 Å². The molecule has 0 bridgehead atoms. The van der Waals surface area contributed by atoms with Crippen molar-refractivity contribution in [2.45, 2.75) is 65.5 Å². The van der Waals surface area contributed by atoms with Crippen molar-refractivity contribution in [3.8, 4) is 11.5 Å². The molecule has 0 fully saturated rings. The third-order valence-corrected chi connectivity index (χ3v) is 7.98. The summed E-state index contributed by atoms with van der Waals surface area (Å²) in [7, 11) is -3.62. The lowest BCUT2D eigenvalue weighted by Gasteiger charge is -2.31. The van der Waals surface area contributed by atoms with Gasteiger partial charge in [0.25, 0.3) is 0 Å². The summed E-state index contributed by atoms with van der Waals surface area (Å²) in [5, 5.41) is 2.97. The average Bonchev–Trinajstić information content (AvgIpc) is 2.91. The second-order valence-corrected chi connectivity index (χ2v) is 11.7. The van der Waals surface area contributed by atoms with Gasteiger partial charge in [-0.1, -0.05) is 44.5 Å². The Morgan fingerprint density at radius 1 is 1.03 bits per heavy atom. The minimum Gasteiger partial charge on any atom is -0.486 e. The number of amides is 2. The van der Waals surface area contributed by atoms with E-state index in [2.05, 4.69) is 12.2 Å². The van der Waals surface area contributed by atoms with Crippen molar-refractivity contribution in [3.05, 3.63) is 53.6 Å². The molecule has 1 aliphatic rings. The van der Waals surface area contributed by atoms with E-state index in [1.54, 1.807) is 23.1 Å². The van der Waals surface area contributed by atoms with E-state index in [0.717, 1.165) is 30.2 Å². The Hall–Kier alpha value is -3.27. The maximum absolute atomic E-state index is 13.6. The van der Waals surface area contributed by atoms with Crippen molar-refractivity contribution in [2.24, 2.45) is 0 Å². The Kier molecular flexibility index (Phi) is 11.0. The van der Waals surface area contributed by atoms with Gasteiger partial charge in [0.15, 0.2) is 11.5 Å². The fourth-order valence-corrected chi connectivity index (χ4v) is 5.55. The van der Waals surface area contributed by atoms with Crippen LogP contribution in [-0.4, -0.2) is 63.7 Å². The molecule has 2 aromatic rings. The first-order valence-electron chi connectivity index (χ1n) is 13.6. The first kappa shape index (κ1) is 30.3. The second-order valence-electron chi connectivity index (χ2n) is 9.78. The highest BCUT2D eigenvalue weighted by molar-refractivity contribution is 7.92. The molecule has 214 valence electrons. The smallest absolute Gasteiger partial charge is 0.242 e. The molecule has 0 spiro atoms. The van der Waals surface area contributed by atoms with Crippen LogP contribution in [0.25, 0.3) is 0 Å². The van der Waals surface area contributed by atoms with Crippen LogP contribution in [0.5, 0.6) is 11.5 Å². The van der Waals surface area contributed by atoms with E-state index in [0.29, 0.717) is 56.3 Å². The number of aryl methyl sites for hydroxylation is 1. The summed E-state index contributed by atoms with van der Waals surface area (Å²) in [6.07, 6.45) is 3.84. The van der Waals surface area contributed by atoms with Gasteiger partial charge in [-0.05, 0) is 49.4 Å². The number of nitrogens with one attached hydrogen (secondary N) is 1. The highest BCUT2D eigenvalue weighted by Gasteiger charge is 2.29. The van der Waals surface area contributed by atoms with Crippen molar-refractivity contribution in [3.63, 3.8) is 0 Å². The fraction of sp³-hybridized carbons (Fsp3) is 0.517. The van der Waals surface area contributed by atoms with Gasteiger partial charge in [-0.25, -0.2) is 8.42 Å². The lowest BCUT2D eigenvalue weighted by Crippen LogP contribution is -2.49. The number of rotatable bonds is 14. The van der Waals surface area contributed by atoms with E-state index in [1.165, 1.54) is 4.31 Å². The molecule has 2 amide bonds. The van der Waals surface area contributed by atoms with Gasteiger partial charge >= 0.3 is 0 Å². The predicted molar refractivity (Wildman–Crippen MR) is 153 cm³/mol. The van der Waals surface area contributed by atoms with Gasteiger partial charge in [0, 0.05) is 32.1 Å². The summed E-state index contributed by atoms with van der Waals surface area (Å²) in [5.74, 6) is 0.712. The van der Waals surface area contributed by atoms with E-state index in [1.807, 2.05) is 38.1 Å². The van der Waals surface area contributed by atoms with E-state index in [4.69, 9.17) is 9.47 Å². The molecule has 0 radical (unpaired) electrons. The SMILES string of the molecule is CCCCNC(=O)[C@@H](CC)N(Cc1ccccc1C)C(=O)CCCN(c1ccc2c(c1)OCCO2)S(C)(=O)=O. The molecule has 2 aromatic carbocycles. The standard InChI is InChI=1S/C29H41N3O6S/c1-5-7-16-30-29(34)25(6-2)31(21-23-12-9-8-11-22(23)3)28(33)13-10-17-32(39(4,35)36)24-14-15-26-27(20-24)38-19-18-37-26/h8-9,11-12,14-15,20,25H,5-7,10,13,16-19,21H2,1-4H3,(H,30,34)/t25-/m1/s1. The van der Waals surface area contributed by atoms with E-state index in [9.17, 15) is 18.0 Å². The predicted octanol–water partition coefficient (Wildman–Crippen LogP) is 4.04. The lowest BCUT2D eigenvalue weighted by atomic mass is 10.1. The molecule has 0 aliphatic carbocycles. The van der Waals surface area contributed by atoms with Gasteiger partial charge in [0.1, 0.15) is 19.3 Å². The van der Waals surface area contributed by atoms with Gasteiger partial charge in [-0.3, -0.25) is 13.9 Å². The summed E-state index contributed by atoms with van der Waals surface area (Å²) in [6.45, 7) is 7.77. The number of nitrogens with zero attached hydrogens (tertiary/aromatic N) is 2. The zero-order valence-corrected chi connectivity index (χ0v) is 24.3. The van der Waals surface area contributed by atoms with Gasteiger partial charge < -0.3 is 19.7 Å². The lowest BCUT2D eigenvalue weighted by molar-refractivity contribution is -0.141. The zero-order chi connectivity index (χ0) is 28.4.